The molecule has 0 spiro atoms. The minimum atomic E-state index is -1.59. The molecule has 0 radical (unpaired) electrons. The van der Waals surface area contributed by atoms with Gasteiger partial charge in [0.2, 0.25) is 6.29 Å². The van der Waals surface area contributed by atoms with Crippen LogP contribution in [0.1, 0.15) is 6.42 Å². The highest BCUT2D eigenvalue weighted by molar-refractivity contribution is 5.89. The molecule has 3 rings (SSSR count). The fraction of sp³-hybridized carbons (Fsp3) is 0.706. The van der Waals surface area contributed by atoms with Gasteiger partial charge in [0.25, 0.3) is 0 Å². The molecule has 0 aromatic rings. The van der Waals surface area contributed by atoms with Crippen LogP contribution >= 0.6 is 0 Å². The number of hydrogen-bond donors (Lipinski definition) is 5. The Morgan fingerprint density at radius 3 is 2.56 bits per heavy atom. The van der Waals surface area contributed by atoms with Gasteiger partial charge >= 0.3 is 5.97 Å². The van der Waals surface area contributed by atoms with Gasteiger partial charge in [0.05, 0.1) is 38.1 Å². The van der Waals surface area contributed by atoms with Crippen LogP contribution in [0.2, 0.25) is 0 Å². The molecule has 10 nitrogen and oxygen atoms in total. The molecule has 0 aromatic carbocycles. The van der Waals surface area contributed by atoms with Crippen LogP contribution in [0, 0.1) is 11.8 Å². The van der Waals surface area contributed by atoms with Gasteiger partial charge in [-0.1, -0.05) is 6.08 Å². The first kappa shape index (κ1) is 20.2. The zero-order chi connectivity index (χ0) is 19.7. The number of aliphatic hydroxyl groups is 5. The van der Waals surface area contributed by atoms with Crippen molar-refractivity contribution in [3.8, 4) is 0 Å². The average molecular weight is 388 g/mol. The standard InChI is InChI=1S/C17H24O10/c1-24-15(23)9-6-25-16(11-7(4-18)2-3-8(9)11)27-17-14(22)13(21)12(20)10(5-19)26-17/h2,6,8,10-14,16-22H,3-5H2,1H3/t8-,10+,11?,12+,13-,14+,16-,17-/m0/s1. The second-order valence-electron chi connectivity index (χ2n) is 6.71. The molecule has 0 amide bonds. The first-order valence-electron chi connectivity index (χ1n) is 8.62. The molecule has 1 saturated heterocycles. The van der Waals surface area contributed by atoms with Gasteiger partial charge in [-0.3, -0.25) is 0 Å². The highest BCUT2D eigenvalue weighted by atomic mass is 16.8. The maximum absolute atomic E-state index is 12.0. The molecule has 152 valence electrons. The Labute approximate surface area is 155 Å². The summed E-state index contributed by atoms with van der Waals surface area (Å²) < 4.78 is 21.3. The van der Waals surface area contributed by atoms with E-state index in [0.29, 0.717) is 17.6 Å². The summed E-state index contributed by atoms with van der Waals surface area (Å²) >= 11 is 0. The number of allylic oxidation sites excluding steroid dienone is 1. The van der Waals surface area contributed by atoms with E-state index in [-0.39, 0.29) is 12.5 Å². The van der Waals surface area contributed by atoms with E-state index in [1.165, 1.54) is 13.4 Å². The number of rotatable bonds is 5. The molecule has 3 aliphatic rings. The van der Waals surface area contributed by atoms with Crippen molar-refractivity contribution in [2.75, 3.05) is 20.3 Å². The minimum absolute atomic E-state index is 0.270. The summed E-state index contributed by atoms with van der Waals surface area (Å²) in [5, 5.41) is 48.8. The van der Waals surface area contributed by atoms with Crippen molar-refractivity contribution in [1.29, 1.82) is 0 Å². The Bertz CT molecular complexity index is 615. The molecule has 1 unspecified atom stereocenters. The molecular formula is C17H24O10. The summed E-state index contributed by atoms with van der Waals surface area (Å²) in [6.45, 7) is -0.857. The van der Waals surface area contributed by atoms with E-state index in [1.807, 2.05) is 0 Å². The lowest BCUT2D eigenvalue weighted by Gasteiger charge is -2.42. The molecule has 1 aliphatic carbocycles. The monoisotopic (exact) mass is 388 g/mol. The van der Waals surface area contributed by atoms with Gasteiger partial charge in [0.1, 0.15) is 24.4 Å². The minimum Gasteiger partial charge on any atom is -0.471 e. The van der Waals surface area contributed by atoms with Crippen molar-refractivity contribution in [3.63, 3.8) is 0 Å². The van der Waals surface area contributed by atoms with Crippen molar-refractivity contribution in [2.45, 2.75) is 43.4 Å². The van der Waals surface area contributed by atoms with Gasteiger partial charge in [-0.2, -0.15) is 0 Å². The van der Waals surface area contributed by atoms with Gasteiger partial charge in [-0.05, 0) is 12.0 Å². The molecule has 1 fully saturated rings. The molecule has 8 atom stereocenters. The fourth-order valence-electron chi connectivity index (χ4n) is 3.73. The summed E-state index contributed by atoms with van der Waals surface area (Å²) in [5.41, 5.74) is 0.903. The number of methoxy groups -OCH3 is 1. The Balaban J connectivity index is 1.80. The quantitative estimate of drug-likeness (QED) is 0.258. The van der Waals surface area contributed by atoms with Crippen molar-refractivity contribution in [1.82, 2.24) is 0 Å². The third-order valence-electron chi connectivity index (χ3n) is 5.24. The van der Waals surface area contributed by atoms with E-state index in [9.17, 15) is 30.3 Å². The van der Waals surface area contributed by atoms with Crippen LogP contribution in [-0.2, 0) is 23.7 Å². The lowest BCUT2D eigenvalue weighted by atomic mass is 9.83. The van der Waals surface area contributed by atoms with E-state index in [1.54, 1.807) is 6.08 Å². The molecule has 2 aliphatic heterocycles. The van der Waals surface area contributed by atoms with Crippen molar-refractivity contribution < 1.29 is 49.3 Å². The summed E-state index contributed by atoms with van der Waals surface area (Å²) in [4.78, 5) is 12.0. The smallest absolute Gasteiger partial charge is 0.337 e. The molecule has 10 heteroatoms. The van der Waals surface area contributed by atoms with Crippen molar-refractivity contribution in [3.05, 3.63) is 23.5 Å². The highest BCUT2D eigenvalue weighted by Gasteiger charge is 2.49. The van der Waals surface area contributed by atoms with E-state index in [4.69, 9.17) is 18.9 Å². The van der Waals surface area contributed by atoms with Gasteiger partial charge in [0, 0.05) is 5.92 Å². The normalized spacial score (nSPS) is 41.3. The van der Waals surface area contributed by atoms with Crippen molar-refractivity contribution >= 4 is 5.97 Å². The fourth-order valence-corrected chi connectivity index (χ4v) is 3.73. The van der Waals surface area contributed by atoms with Crippen LogP contribution in [0.4, 0.5) is 0 Å². The molecule has 5 N–H and O–H groups in total. The number of carbonyl (C=O) groups excluding carboxylic acids is 1. The summed E-state index contributed by atoms with van der Waals surface area (Å²) in [6.07, 6.45) is -4.73. The Hall–Kier alpha value is -1.53. The van der Waals surface area contributed by atoms with Gasteiger partial charge in [-0.25, -0.2) is 4.79 Å². The van der Waals surface area contributed by atoms with Crippen LogP contribution in [-0.4, -0.2) is 88.8 Å². The largest absolute Gasteiger partial charge is 0.471 e. The van der Waals surface area contributed by atoms with Gasteiger partial charge in [-0.15, -0.1) is 0 Å². The lowest BCUT2D eigenvalue weighted by molar-refractivity contribution is -0.339. The zero-order valence-corrected chi connectivity index (χ0v) is 14.7. The number of aliphatic hydroxyl groups excluding tert-OH is 5. The lowest BCUT2D eigenvalue weighted by Crippen LogP contribution is -2.60. The molecular weight excluding hydrogens is 364 g/mol. The molecule has 27 heavy (non-hydrogen) atoms. The molecule has 0 saturated carbocycles. The first-order chi connectivity index (χ1) is 12.9. The van der Waals surface area contributed by atoms with Crippen LogP contribution < -0.4 is 0 Å². The summed E-state index contributed by atoms with van der Waals surface area (Å²) in [5.74, 6) is -1.42. The Morgan fingerprint density at radius 2 is 1.93 bits per heavy atom. The van der Waals surface area contributed by atoms with E-state index in [0.717, 1.165) is 0 Å². The third-order valence-corrected chi connectivity index (χ3v) is 5.24. The second kappa shape index (κ2) is 8.23. The molecule has 2 heterocycles. The summed E-state index contributed by atoms with van der Waals surface area (Å²) in [7, 11) is 1.25. The number of fused-ring (bicyclic) bond motifs is 1. The van der Waals surface area contributed by atoms with Gasteiger partial charge < -0.3 is 44.5 Å². The third kappa shape index (κ3) is 3.61. The topological polar surface area (TPSA) is 155 Å². The van der Waals surface area contributed by atoms with Crippen molar-refractivity contribution in [2.24, 2.45) is 11.8 Å². The Morgan fingerprint density at radius 1 is 1.19 bits per heavy atom. The molecule has 0 aromatic heterocycles. The maximum atomic E-state index is 12.0. The van der Waals surface area contributed by atoms with E-state index >= 15 is 0 Å². The van der Waals surface area contributed by atoms with Crippen LogP contribution in [0.3, 0.4) is 0 Å². The maximum Gasteiger partial charge on any atom is 0.337 e. The molecule has 0 bridgehead atoms. The summed E-state index contributed by atoms with van der Waals surface area (Å²) in [6, 6.07) is 0. The first-order valence-corrected chi connectivity index (χ1v) is 8.62. The SMILES string of the molecule is COC(=O)C1=CO[C@@H](O[C@@H]2O[C@H](CO)[C@@H](O)[C@H](O)[C@H]2O)C2C(CO)=CC[C@@H]12. The number of ether oxygens (including phenoxy) is 4. The zero-order valence-electron chi connectivity index (χ0n) is 14.7. The second-order valence-corrected chi connectivity index (χ2v) is 6.71. The van der Waals surface area contributed by atoms with Gasteiger partial charge in [0.15, 0.2) is 6.29 Å². The van der Waals surface area contributed by atoms with Crippen LogP contribution in [0.15, 0.2) is 23.5 Å². The average Bonchev–Trinajstić information content (AvgIpc) is 3.12. The Kier molecular flexibility index (Phi) is 6.16. The highest BCUT2D eigenvalue weighted by Crippen LogP contribution is 2.44. The van der Waals surface area contributed by atoms with E-state index < -0.39 is 55.5 Å². The number of esters is 1. The van der Waals surface area contributed by atoms with Crippen LogP contribution in [0.25, 0.3) is 0 Å². The predicted molar refractivity (Wildman–Crippen MR) is 86.6 cm³/mol. The number of hydrogen-bond acceptors (Lipinski definition) is 10. The number of carbonyl (C=O) groups is 1. The van der Waals surface area contributed by atoms with E-state index in [2.05, 4.69) is 0 Å². The predicted octanol–water partition coefficient (Wildman–Crippen LogP) is -2.23. The van der Waals surface area contributed by atoms with Crippen LogP contribution in [0.5, 0.6) is 0 Å².